The zero-order chi connectivity index (χ0) is 19.3. The molecule has 0 aliphatic heterocycles. The van der Waals surface area contributed by atoms with E-state index < -0.39 is 0 Å². The van der Waals surface area contributed by atoms with Crippen molar-refractivity contribution >= 4 is 34.2 Å². The molecule has 1 saturated carbocycles. The number of rotatable bonds is 5. The number of nitrogens with one attached hydrogen (secondary N) is 1. The van der Waals surface area contributed by atoms with Crippen molar-refractivity contribution in [2.24, 2.45) is 5.41 Å². The van der Waals surface area contributed by atoms with Crippen molar-refractivity contribution in [3.8, 4) is 0 Å². The van der Waals surface area contributed by atoms with Crippen LogP contribution in [0.15, 0.2) is 53.4 Å². The van der Waals surface area contributed by atoms with Gasteiger partial charge in [-0.25, -0.2) is 0 Å². The molecule has 2 aromatic rings. The van der Waals surface area contributed by atoms with Crippen LogP contribution in [0, 0.1) is 5.41 Å². The Morgan fingerprint density at radius 3 is 2.44 bits per heavy atom. The third-order valence-electron chi connectivity index (χ3n) is 5.25. The molecule has 1 aliphatic carbocycles. The molecule has 0 heterocycles. The molecule has 3 N–H and O–H groups in total. The first-order valence-corrected chi connectivity index (χ1v) is 10.2. The average Bonchev–Trinajstić information content (AvgIpc) is 2.66. The lowest BCUT2D eigenvalue weighted by atomic mass is 9.75. The van der Waals surface area contributed by atoms with Gasteiger partial charge in [0.25, 0.3) is 0 Å². The van der Waals surface area contributed by atoms with E-state index in [1.54, 1.807) is 6.07 Å². The number of para-hydroxylation sites is 2. The summed E-state index contributed by atoms with van der Waals surface area (Å²) in [6.45, 7) is 2.04. The van der Waals surface area contributed by atoms with Gasteiger partial charge in [-0.1, -0.05) is 56.5 Å². The number of hydrogen-bond acceptors (Lipinski definition) is 4. The van der Waals surface area contributed by atoms with Crippen molar-refractivity contribution in [3.05, 3.63) is 54.1 Å². The largest absolute Gasteiger partial charge is 0.398 e. The molecule has 1 fully saturated rings. The topological polar surface area (TPSA) is 72.2 Å². The highest BCUT2D eigenvalue weighted by Crippen LogP contribution is 2.38. The molecule has 4 nitrogen and oxygen atoms in total. The molecule has 0 atom stereocenters. The Labute approximate surface area is 164 Å². The summed E-state index contributed by atoms with van der Waals surface area (Å²) in [5.41, 5.74) is 7.77. The smallest absolute Gasteiger partial charge is 0.230 e. The molecule has 0 bridgehead atoms. The Bertz CT molecular complexity index is 829. The third-order valence-corrected chi connectivity index (χ3v) is 6.20. The highest BCUT2D eigenvalue weighted by Gasteiger charge is 2.34. The zero-order valence-corrected chi connectivity index (χ0v) is 16.5. The highest BCUT2D eigenvalue weighted by molar-refractivity contribution is 8.13. The molecule has 1 aliphatic rings. The van der Waals surface area contributed by atoms with Crippen molar-refractivity contribution in [2.45, 2.75) is 50.3 Å². The Kier molecular flexibility index (Phi) is 6.22. The number of anilines is 2. The van der Waals surface area contributed by atoms with Crippen LogP contribution in [-0.4, -0.2) is 11.0 Å². The zero-order valence-electron chi connectivity index (χ0n) is 15.7. The van der Waals surface area contributed by atoms with Gasteiger partial charge < -0.3 is 11.1 Å². The first-order chi connectivity index (χ1) is 13.0. The van der Waals surface area contributed by atoms with Gasteiger partial charge in [-0.2, -0.15) is 0 Å². The van der Waals surface area contributed by atoms with Crippen molar-refractivity contribution in [2.75, 3.05) is 11.1 Å². The van der Waals surface area contributed by atoms with Crippen molar-refractivity contribution < 1.29 is 9.59 Å². The summed E-state index contributed by atoms with van der Waals surface area (Å²) < 4.78 is 0. The number of thioether (sulfide) groups is 1. The van der Waals surface area contributed by atoms with E-state index in [9.17, 15) is 9.59 Å². The number of carbonyl (C=O) groups excluding carboxylic acids is 2. The Balaban J connectivity index is 1.69. The summed E-state index contributed by atoms with van der Waals surface area (Å²) >= 11 is 1.15. The van der Waals surface area contributed by atoms with Gasteiger partial charge >= 0.3 is 0 Å². The quantitative estimate of drug-likeness (QED) is 0.561. The highest BCUT2D eigenvalue weighted by atomic mass is 32.2. The molecule has 0 spiro atoms. The lowest BCUT2D eigenvalue weighted by Crippen LogP contribution is -2.35. The summed E-state index contributed by atoms with van der Waals surface area (Å²) in [6, 6.07) is 14.9. The maximum absolute atomic E-state index is 12.8. The fraction of sp³-hybridized carbons (Fsp3) is 0.364. The van der Waals surface area contributed by atoms with Crippen LogP contribution in [0.1, 0.15) is 44.6 Å². The van der Waals surface area contributed by atoms with Crippen LogP contribution in [-0.2, 0) is 16.0 Å². The maximum Gasteiger partial charge on any atom is 0.230 e. The molecule has 0 unspecified atom stereocenters. The van der Waals surface area contributed by atoms with Crippen LogP contribution >= 0.6 is 11.8 Å². The van der Waals surface area contributed by atoms with Crippen LogP contribution in [0.25, 0.3) is 0 Å². The first kappa shape index (κ1) is 19.5. The summed E-state index contributed by atoms with van der Waals surface area (Å²) in [6.07, 6.45) is 5.49. The van der Waals surface area contributed by atoms with E-state index in [-0.39, 0.29) is 22.9 Å². The van der Waals surface area contributed by atoms with Crippen LogP contribution in [0.4, 0.5) is 11.4 Å². The SMILES string of the molecule is CC1(C(=O)Nc2ccccc2SC(=O)Cc2ccccc2N)CCCCC1. The summed E-state index contributed by atoms with van der Waals surface area (Å²) in [5, 5.41) is 3.06. The lowest BCUT2D eigenvalue weighted by molar-refractivity contribution is -0.126. The second-order valence-corrected chi connectivity index (χ2v) is 8.52. The molecule has 2 aromatic carbocycles. The Morgan fingerprint density at radius 2 is 1.70 bits per heavy atom. The van der Waals surface area contributed by atoms with Crippen molar-refractivity contribution in [1.82, 2.24) is 0 Å². The number of benzene rings is 2. The molecule has 5 heteroatoms. The number of carbonyl (C=O) groups is 2. The normalized spacial score (nSPS) is 15.9. The summed E-state index contributed by atoms with van der Waals surface area (Å²) in [5.74, 6) is 0.0509. The van der Waals surface area contributed by atoms with E-state index >= 15 is 0 Å². The predicted molar refractivity (Wildman–Crippen MR) is 112 cm³/mol. The second kappa shape index (κ2) is 8.61. The fourth-order valence-corrected chi connectivity index (χ4v) is 4.35. The van der Waals surface area contributed by atoms with Gasteiger partial charge in [-0.15, -0.1) is 0 Å². The molecule has 142 valence electrons. The summed E-state index contributed by atoms with van der Waals surface area (Å²) in [4.78, 5) is 26.1. The molecule has 0 saturated heterocycles. The van der Waals surface area contributed by atoms with Crippen LogP contribution in [0.5, 0.6) is 0 Å². The second-order valence-electron chi connectivity index (χ2n) is 7.42. The van der Waals surface area contributed by atoms with Crippen LogP contribution in [0.2, 0.25) is 0 Å². The van der Waals surface area contributed by atoms with Crippen molar-refractivity contribution in [1.29, 1.82) is 0 Å². The van der Waals surface area contributed by atoms with Crippen LogP contribution in [0.3, 0.4) is 0 Å². The molecule has 0 aromatic heterocycles. The van der Waals surface area contributed by atoms with E-state index in [2.05, 4.69) is 5.32 Å². The Hall–Kier alpha value is -2.27. The van der Waals surface area contributed by atoms with E-state index in [0.29, 0.717) is 11.4 Å². The maximum atomic E-state index is 12.8. The third kappa shape index (κ3) is 4.92. The number of hydrogen-bond donors (Lipinski definition) is 2. The Morgan fingerprint density at radius 1 is 1.04 bits per heavy atom. The van der Waals surface area contributed by atoms with E-state index in [4.69, 9.17) is 5.73 Å². The number of amides is 1. The van der Waals surface area contributed by atoms with Gasteiger partial charge in [0.1, 0.15) is 0 Å². The van der Waals surface area contributed by atoms with Gasteiger partial charge in [0, 0.05) is 22.4 Å². The van der Waals surface area contributed by atoms with Crippen LogP contribution < -0.4 is 11.1 Å². The van der Waals surface area contributed by atoms with E-state index in [0.717, 1.165) is 47.9 Å². The number of nitrogens with two attached hydrogens (primary N) is 1. The number of nitrogen functional groups attached to an aromatic ring is 1. The minimum atomic E-state index is -0.321. The predicted octanol–water partition coefficient (Wildman–Crippen LogP) is 5.04. The van der Waals surface area contributed by atoms with Gasteiger partial charge in [0.15, 0.2) is 5.12 Å². The lowest BCUT2D eigenvalue weighted by Gasteiger charge is -2.32. The monoisotopic (exact) mass is 382 g/mol. The molecule has 1 amide bonds. The fourth-order valence-electron chi connectivity index (χ4n) is 3.50. The first-order valence-electron chi connectivity index (χ1n) is 9.42. The van der Waals surface area contributed by atoms with E-state index in [1.807, 2.05) is 49.4 Å². The summed E-state index contributed by atoms with van der Waals surface area (Å²) in [7, 11) is 0. The minimum absolute atomic E-state index is 0.00141. The molecular formula is C22H26N2O2S. The van der Waals surface area contributed by atoms with Gasteiger partial charge in [0.2, 0.25) is 5.91 Å². The van der Waals surface area contributed by atoms with E-state index in [1.165, 1.54) is 6.42 Å². The van der Waals surface area contributed by atoms with Gasteiger partial charge in [-0.3, -0.25) is 9.59 Å². The molecule has 0 radical (unpaired) electrons. The minimum Gasteiger partial charge on any atom is -0.398 e. The van der Waals surface area contributed by atoms with Gasteiger partial charge in [-0.05, 0) is 48.4 Å². The van der Waals surface area contributed by atoms with Crippen molar-refractivity contribution in [3.63, 3.8) is 0 Å². The molecular weight excluding hydrogens is 356 g/mol. The average molecular weight is 383 g/mol. The standard InChI is InChI=1S/C22H26N2O2S/c1-22(13-7-2-8-14-22)21(26)24-18-11-5-6-12-19(18)27-20(25)15-16-9-3-4-10-17(16)23/h3-6,9-12H,2,7-8,13-15,23H2,1H3,(H,24,26). The van der Waals surface area contributed by atoms with Gasteiger partial charge in [0.05, 0.1) is 5.69 Å². The molecule has 27 heavy (non-hydrogen) atoms. The molecule has 3 rings (SSSR count).